The van der Waals surface area contributed by atoms with Crippen LogP contribution in [0, 0.1) is 11.7 Å². The van der Waals surface area contributed by atoms with E-state index >= 15 is 0 Å². The summed E-state index contributed by atoms with van der Waals surface area (Å²) >= 11 is 0. The fraction of sp³-hybridized carbons (Fsp3) is 0.435. The topological polar surface area (TPSA) is 77.9 Å². The molecule has 1 fully saturated rings. The number of hydrogen-bond donors (Lipinski definition) is 1. The zero-order valence-corrected chi connectivity index (χ0v) is 19.3. The van der Waals surface area contributed by atoms with Gasteiger partial charge in [0.1, 0.15) is 5.82 Å². The Morgan fingerprint density at radius 2 is 1.71 bits per heavy atom. The zero-order valence-electron chi connectivity index (χ0n) is 18.5. The molecule has 34 heavy (non-hydrogen) atoms. The summed E-state index contributed by atoms with van der Waals surface area (Å²) in [4.78, 5) is 13.2. The fourth-order valence-electron chi connectivity index (χ4n) is 5.07. The number of fused-ring (bicyclic) bond motifs is 1. The number of hydrogen-bond acceptors (Lipinski definition) is 4. The minimum absolute atomic E-state index is 0.0847. The molecule has 3 unspecified atom stereocenters. The highest BCUT2D eigenvalue weighted by Crippen LogP contribution is 2.37. The molecule has 0 aromatic heterocycles. The van der Waals surface area contributed by atoms with Crippen LogP contribution < -0.4 is 4.90 Å². The first-order valence-electron chi connectivity index (χ1n) is 10.8. The molecule has 1 N–H and O–H groups in total. The first-order valence-corrected chi connectivity index (χ1v) is 12.2. The molecule has 3 atom stereocenters. The van der Waals surface area contributed by atoms with Gasteiger partial charge in [0.15, 0.2) is 0 Å². The zero-order chi connectivity index (χ0) is 25.0. The maximum absolute atomic E-state index is 14.1. The molecule has 184 valence electrons. The second-order valence-electron chi connectivity index (χ2n) is 8.94. The van der Waals surface area contributed by atoms with Gasteiger partial charge in [0.25, 0.3) is 0 Å². The molecule has 2 aromatic rings. The van der Waals surface area contributed by atoms with Gasteiger partial charge in [0.2, 0.25) is 10.0 Å². The summed E-state index contributed by atoms with van der Waals surface area (Å²) in [6, 6.07) is 6.39. The Bertz CT molecular complexity index is 1220. The first-order chi connectivity index (χ1) is 15.8. The van der Waals surface area contributed by atoms with Gasteiger partial charge in [0.05, 0.1) is 16.4 Å². The van der Waals surface area contributed by atoms with Crippen molar-refractivity contribution in [2.45, 2.75) is 49.8 Å². The van der Waals surface area contributed by atoms with Crippen LogP contribution in [0.5, 0.6) is 0 Å². The van der Waals surface area contributed by atoms with E-state index in [2.05, 4.69) is 0 Å². The van der Waals surface area contributed by atoms with E-state index < -0.39 is 51.6 Å². The highest BCUT2D eigenvalue weighted by Gasteiger charge is 2.42. The highest BCUT2D eigenvalue weighted by molar-refractivity contribution is 7.89. The number of rotatable bonds is 4. The van der Waals surface area contributed by atoms with Crippen LogP contribution in [0.15, 0.2) is 41.3 Å². The molecule has 6 nitrogen and oxygen atoms in total. The molecule has 1 aliphatic carbocycles. The van der Waals surface area contributed by atoms with E-state index in [1.54, 1.807) is 30.9 Å². The number of anilines is 1. The van der Waals surface area contributed by atoms with Crippen molar-refractivity contribution in [3.8, 4) is 0 Å². The first kappa shape index (κ1) is 24.5. The van der Waals surface area contributed by atoms with Gasteiger partial charge in [0, 0.05) is 30.9 Å². The smallest absolute Gasteiger partial charge is 0.419 e. The molecule has 0 bridgehead atoms. The lowest BCUT2D eigenvalue weighted by molar-refractivity contribution is -0.141. The molecular weight excluding hydrogens is 476 g/mol. The van der Waals surface area contributed by atoms with Crippen LogP contribution in [-0.2, 0) is 33.8 Å². The van der Waals surface area contributed by atoms with Crippen LogP contribution in [0.25, 0.3) is 0 Å². The van der Waals surface area contributed by atoms with E-state index in [1.807, 2.05) is 0 Å². The lowest BCUT2D eigenvalue weighted by atomic mass is 10.1. The van der Waals surface area contributed by atoms with Gasteiger partial charge in [-0.2, -0.15) is 17.5 Å². The number of piperazine rings is 1. The number of halogens is 4. The quantitative estimate of drug-likeness (QED) is 0.644. The summed E-state index contributed by atoms with van der Waals surface area (Å²) in [7, 11) is -3.98. The summed E-state index contributed by atoms with van der Waals surface area (Å²) in [6.45, 7) is 3.68. The Kier molecular flexibility index (Phi) is 6.14. The standard InChI is InChI=1S/C23H24F4N2O4S/c1-13-11-28(17-6-7-19(20(24)10-17)23(25,26)27)12-14(2)29(13)34(32,33)21-5-3-4-15-8-16(22(30)31)9-18(15)21/h3-7,10,13-14,16H,8-9,11-12H2,1-2H3,(H,30,31). The predicted octanol–water partition coefficient (Wildman–Crippen LogP) is 3.93. The van der Waals surface area contributed by atoms with Gasteiger partial charge in [-0.3, -0.25) is 4.79 Å². The van der Waals surface area contributed by atoms with Crippen LogP contribution >= 0.6 is 0 Å². The number of benzene rings is 2. The van der Waals surface area contributed by atoms with E-state index in [0.29, 0.717) is 17.2 Å². The Balaban J connectivity index is 1.60. The number of carbonyl (C=O) groups is 1. The highest BCUT2D eigenvalue weighted by atomic mass is 32.2. The van der Waals surface area contributed by atoms with Crippen LogP contribution in [0.1, 0.15) is 30.5 Å². The maximum atomic E-state index is 14.1. The number of carboxylic acids is 1. The molecule has 2 aromatic carbocycles. The number of nitrogens with zero attached hydrogens (tertiary/aromatic N) is 2. The molecule has 0 amide bonds. The van der Waals surface area contributed by atoms with Gasteiger partial charge in [-0.1, -0.05) is 12.1 Å². The monoisotopic (exact) mass is 500 g/mol. The normalized spacial score (nSPS) is 23.7. The van der Waals surface area contributed by atoms with Crippen molar-refractivity contribution in [3.63, 3.8) is 0 Å². The maximum Gasteiger partial charge on any atom is 0.419 e. The molecule has 4 rings (SSSR count). The van der Waals surface area contributed by atoms with Crippen LogP contribution in [0.3, 0.4) is 0 Å². The summed E-state index contributed by atoms with van der Waals surface area (Å²) in [5.74, 6) is -3.03. The van der Waals surface area contributed by atoms with Gasteiger partial charge in [-0.25, -0.2) is 12.8 Å². The van der Waals surface area contributed by atoms with Crippen molar-refractivity contribution in [1.82, 2.24) is 4.31 Å². The number of aliphatic carboxylic acids is 1. The number of sulfonamides is 1. The summed E-state index contributed by atoms with van der Waals surface area (Å²) in [5, 5.41) is 9.38. The largest absolute Gasteiger partial charge is 0.481 e. The van der Waals surface area contributed by atoms with Crippen molar-refractivity contribution < 1.29 is 35.9 Å². The van der Waals surface area contributed by atoms with E-state index in [0.717, 1.165) is 6.07 Å². The molecule has 1 saturated heterocycles. The van der Waals surface area contributed by atoms with Crippen molar-refractivity contribution >= 4 is 21.7 Å². The van der Waals surface area contributed by atoms with Crippen molar-refractivity contribution in [2.24, 2.45) is 5.92 Å². The van der Waals surface area contributed by atoms with E-state index in [1.165, 1.54) is 16.4 Å². The van der Waals surface area contributed by atoms with Gasteiger partial charge < -0.3 is 10.0 Å². The Hall–Kier alpha value is -2.66. The lowest BCUT2D eigenvalue weighted by Crippen LogP contribution is -2.58. The number of carboxylic acid groups (broad SMARTS) is 1. The van der Waals surface area contributed by atoms with Crippen molar-refractivity contribution in [1.29, 1.82) is 0 Å². The summed E-state index contributed by atoms with van der Waals surface area (Å²) < 4.78 is 81.5. The molecule has 0 spiro atoms. The van der Waals surface area contributed by atoms with Gasteiger partial charge in [-0.15, -0.1) is 0 Å². The third-order valence-corrected chi connectivity index (χ3v) is 8.73. The molecule has 1 heterocycles. The minimum atomic E-state index is -4.80. The SMILES string of the molecule is CC1CN(c2ccc(C(F)(F)F)c(F)c2)CC(C)N1S(=O)(=O)c1cccc2c1CC(C(=O)O)C2. The molecule has 11 heteroatoms. The van der Waals surface area contributed by atoms with Gasteiger partial charge >= 0.3 is 12.1 Å². The Morgan fingerprint density at radius 3 is 2.26 bits per heavy atom. The third kappa shape index (κ3) is 4.26. The van der Waals surface area contributed by atoms with Crippen molar-refractivity contribution in [2.75, 3.05) is 18.0 Å². The van der Waals surface area contributed by atoms with Crippen molar-refractivity contribution in [3.05, 3.63) is 58.9 Å². The lowest BCUT2D eigenvalue weighted by Gasteiger charge is -2.44. The summed E-state index contributed by atoms with van der Waals surface area (Å²) in [6.07, 6.45) is -4.40. The molecule has 1 aliphatic heterocycles. The fourth-order valence-corrected chi connectivity index (χ4v) is 7.16. The third-order valence-electron chi connectivity index (χ3n) is 6.51. The average Bonchev–Trinajstić information content (AvgIpc) is 3.16. The van der Waals surface area contributed by atoms with E-state index in [-0.39, 0.29) is 36.5 Å². The van der Waals surface area contributed by atoms with E-state index in [9.17, 15) is 35.9 Å². The summed E-state index contributed by atoms with van der Waals surface area (Å²) in [5.41, 5.74) is 0.108. The molecule has 2 aliphatic rings. The van der Waals surface area contributed by atoms with Crippen LogP contribution in [0.2, 0.25) is 0 Å². The number of alkyl halides is 3. The minimum Gasteiger partial charge on any atom is -0.481 e. The Morgan fingerprint density at radius 1 is 1.06 bits per heavy atom. The Labute approximate surface area is 194 Å². The average molecular weight is 501 g/mol. The second kappa shape index (κ2) is 8.53. The van der Waals surface area contributed by atoms with Crippen LogP contribution in [-0.4, -0.2) is 49.0 Å². The second-order valence-corrected chi connectivity index (χ2v) is 10.7. The van der Waals surface area contributed by atoms with Crippen LogP contribution in [0.4, 0.5) is 23.2 Å². The molecule has 0 saturated carbocycles. The molecular formula is C23H24F4N2O4S. The molecule has 0 radical (unpaired) electrons. The van der Waals surface area contributed by atoms with Gasteiger partial charge in [-0.05, 0) is 62.1 Å². The van der Waals surface area contributed by atoms with E-state index in [4.69, 9.17) is 0 Å². The predicted molar refractivity (Wildman–Crippen MR) is 117 cm³/mol.